The molecule has 26 heavy (non-hydrogen) atoms. The topological polar surface area (TPSA) is 138 Å². The zero-order valence-electron chi connectivity index (χ0n) is 13.7. The van der Waals surface area contributed by atoms with Gasteiger partial charge in [-0.2, -0.15) is 0 Å². The van der Waals surface area contributed by atoms with Gasteiger partial charge in [0.15, 0.2) is 6.23 Å². The van der Waals surface area contributed by atoms with E-state index in [1.807, 2.05) is 30.3 Å². The molecule has 2 aromatic heterocycles. The molecule has 2 heterocycles. The second-order valence-corrected chi connectivity index (χ2v) is 5.22. The number of pyridine rings is 1. The van der Waals surface area contributed by atoms with E-state index in [2.05, 4.69) is 30.8 Å². The van der Waals surface area contributed by atoms with Crippen LogP contribution in [-0.2, 0) is 7.05 Å². The number of tetrazole rings is 1. The summed E-state index contributed by atoms with van der Waals surface area (Å²) in [5.74, 6) is 0.459. The summed E-state index contributed by atoms with van der Waals surface area (Å²) in [7, 11) is 1.66. The molecule has 0 saturated heterocycles. The number of nitrogens with zero attached hydrogens (tertiary/aromatic N) is 6. The number of carboxylic acid groups (broad SMARTS) is 1. The Balaban J connectivity index is 2.00. The number of aromatic nitrogens is 5. The lowest BCUT2D eigenvalue weighted by molar-refractivity contribution is 0.184. The maximum atomic E-state index is 10.7. The summed E-state index contributed by atoms with van der Waals surface area (Å²) < 4.78 is 1.44. The van der Waals surface area contributed by atoms with Gasteiger partial charge in [-0.25, -0.2) is 19.5 Å². The quantitative estimate of drug-likeness (QED) is 0.586. The number of anilines is 1. The number of hydrogen-bond acceptors (Lipinski definition) is 7. The van der Waals surface area contributed by atoms with Gasteiger partial charge in [0, 0.05) is 12.6 Å². The van der Waals surface area contributed by atoms with Gasteiger partial charge in [0.2, 0.25) is 5.82 Å². The number of amides is 1. The van der Waals surface area contributed by atoms with Crippen molar-refractivity contribution in [2.45, 2.75) is 6.23 Å². The number of benzene rings is 1. The fourth-order valence-electron chi connectivity index (χ4n) is 2.25. The van der Waals surface area contributed by atoms with Crippen LogP contribution in [0, 0.1) is 0 Å². The highest BCUT2D eigenvalue weighted by Gasteiger charge is 2.17. The second-order valence-electron chi connectivity index (χ2n) is 5.22. The molecular formula is C16H15N7O3. The minimum atomic E-state index is -1.34. The smallest absolute Gasteiger partial charge is 0.410 e. The maximum Gasteiger partial charge on any atom is 0.410 e. The Morgan fingerprint density at radius 1 is 1.19 bits per heavy atom. The van der Waals surface area contributed by atoms with Crippen molar-refractivity contribution in [3.8, 4) is 0 Å². The number of aliphatic imine (C=N–C) groups is 1. The molecule has 0 fully saturated rings. The summed E-state index contributed by atoms with van der Waals surface area (Å²) in [6.45, 7) is 0. The normalized spacial score (nSPS) is 12.6. The fourth-order valence-corrected chi connectivity index (χ4v) is 2.25. The molecule has 3 aromatic rings. The van der Waals surface area contributed by atoms with Crippen LogP contribution in [0.2, 0.25) is 0 Å². The Morgan fingerprint density at radius 2 is 1.96 bits per heavy atom. The molecular weight excluding hydrogens is 338 g/mol. The van der Waals surface area contributed by atoms with Crippen molar-refractivity contribution in [1.29, 1.82) is 0 Å². The Kier molecular flexibility index (Phi) is 4.94. The van der Waals surface area contributed by atoms with E-state index in [1.165, 1.54) is 10.7 Å². The molecule has 0 spiro atoms. The number of aliphatic hydroxyl groups excluding tert-OH is 1. The number of nitrogens with one attached hydrogen (secondary N) is 1. The summed E-state index contributed by atoms with van der Waals surface area (Å²) >= 11 is 0. The molecule has 3 rings (SSSR count). The van der Waals surface area contributed by atoms with Crippen LogP contribution in [0.4, 0.5) is 10.6 Å². The Bertz CT molecular complexity index is 940. The van der Waals surface area contributed by atoms with Crippen LogP contribution in [0.15, 0.2) is 53.5 Å². The predicted molar refractivity (Wildman–Crippen MR) is 91.7 cm³/mol. The van der Waals surface area contributed by atoms with E-state index in [4.69, 9.17) is 5.11 Å². The van der Waals surface area contributed by atoms with Crippen LogP contribution >= 0.6 is 0 Å². The molecule has 1 aromatic carbocycles. The molecule has 10 nitrogen and oxygen atoms in total. The van der Waals surface area contributed by atoms with Gasteiger partial charge in [-0.15, -0.1) is 5.10 Å². The standard InChI is InChI=1S/C16H15N7O3/c1-23-14(20-21-22-23)13(10-6-3-2-4-7-10)19-15(24)11-8-5-9-12(17-11)18-16(25)26/h2-9,15,24H,1H3,(H,17,18)(H,25,26)/b19-13-. The number of aliphatic hydroxyl groups is 1. The monoisotopic (exact) mass is 353 g/mol. The highest BCUT2D eigenvalue weighted by atomic mass is 16.4. The van der Waals surface area contributed by atoms with Gasteiger partial charge >= 0.3 is 6.09 Å². The summed E-state index contributed by atoms with van der Waals surface area (Å²) in [6, 6.07) is 13.7. The van der Waals surface area contributed by atoms with Crippen molar-refractivity contribution in [2.75, 3.05) is 5.32 Å². The zero-order chi connectivity index (χ0) is 18.5. The molecule has 1 atom stereocenters. The van der Waals surface area contributed by atoms with Gasteiger partial charge in [-0.3, -0.25) is 5.32 Å². The lowest BCUT2D eigenvalue weighted by atomic mass is 10.1. The van der Waals surface area contributed by atoms with E-state index in [-0.39, 0.29) is 11.5 Å². The predicted octanol–water partition coefficient (Wildman–Crippen LogP) is 1.22. The molecule has 0 aliphatic heterocycles. The molecule has 132 valence electrons. The van der Waals surface area contributed by atoms with Crippen molar-refractivity contribution >= 4 is 17.6 Å². The molecule has 1 unspecified atom stereocenters. The number of hydrogen-bond donors (Lipinski definition) is 3. The molecule has 3 N–H and O–H groups in total. The molecule has 0 bridgehead atoms. The van der Waals surface area contributed by atoms with Gasteiger partial charge < -0.3 is 10.2 Å². The molecule has 0 aliphatic rings. The Morgan fingerprint density at radius 3 is 2.62 bits per heavy atom. The molecule has 10 heteroatoms. The Hall–Kier alpha value is -3.66. The van der Waals surface area contributed by atoms with Gasteiger partial charge in [0.05, 0.1) is 5.69 Å². The largest absolute Gasteiger partial charge is 0.465 e. The van der Waals surface area contributed by atoms with Crippen LogP contribution in [-0.4, -0.2) is 47.2 Å². The van der Waals surface area contributed by atoms with E-state index >= 15 is 0 Å². The van der Waals surface area contributed by atoms with Gasteiger partial charge in [-0.05, 0) is 22.6 Å². The van der Waals surface area contributed by atoms with Gasteiger partial charge in [-0.1, -0.05) is 36.4 Å². The molecule has 1 amide bonds. The molecule has 0 saturated carbocycles. The second kappa shape index (κ2) is 7.49. The first-order chi connectivity index (χ1) is 12.5. The maximum absolute atomic E-state index is 10.7. The third-order valence-corrected chi connectivity index (χ3v) is 3.40. The van der Waals surface area contributed by atoms with E-state index in [0.717, 1.165) is 0 Å². The van der Waals surface area contributed by atoms with Crippen molar-refractivity contribution in [3.05, 3.63) is 65.6 Å². The van der Waals surface area contributed by atoms with Crippen molar-refractivity contribution in [2.24, 2.45) is 12.0 Å². The zero-order valence-corrected chi connectivity index (χ0v) is 13.7. The Labute approximate surface area is 147 Å². The molecule has 0 aliphatic carbocycles. The van der Waals surface area contributed by atoms with Crippen molar-refractivity contribution in [1.82, 2.24) is 25.2 Å². The first kappa shape index (κ1) is 17.2. The van der Waals surface area contributed by atoms with Crippen LogP contribution < -0.4 is 5.32 Å². The summed E-state index contributed by atoms with van der Waals surface area (Å²) in [5, 5.41) is 32.8. The third-order valence-electron chi connectivity index (χ3n) is 3.40. The van der Waals surface area contributed by atoms with E-state index in [1.54, 1.807) is 19.2 Å². The highest BCUT2D eigenvalue weighted by molar-refractivity contribution is 6.10. The van der Waals surface area contributed by atoms with Crippen molar-refractivity contribution < 1.29 is 15.0 Å². The number of aryl methyl sites for hydroxylation is 1. The first-order valence-corrected chi connectivity index (χ1v) is 7.55. The van der Waals surface area contributed by atoms with Gasteiger partial charge in [0.25, 0.3) is 0 Å². The lowest BCUT2D eigenvalue weighted by Gasteiger charge is -2.11. The van der Waals surface area contributed by atoms with Crippen molar-refractivity contribution in [3.63, 3.8) is 0 Å². The highest BCUT2D eigenvalue weighted by Crippen LogP contribution is 2.18. The van der Waals surface area contributed by atoms with Crippen LogP contribution in [0.1, 0.15) is 23.3 Å². The average molecular weight is 353 g/mol. The van der Waals surface area contributed by atoms with Crippen LogP contribution in [0.5, 0.6) is 0 Å². The number of carbonyl (C=O) groups is 1. The fraction of sp³-hybridized carbons (Fsp3) is 0.125. The number of rotatable bonds is 5. The van der Waals surface area contributed by atoms with E-state index in [0.29, 0.717) is 17.1 Å². The van der Waals surface area contributed by atoms with Crippen LogP contribution in [0.25, 0.3) is 0 Å². The third kappa shape index (κ3) is 3.87. The molecule has 0 radical (unpaired) electrons. The van der Waals surface area contributed by atoms with E-state index in [9.17, 15) is 9.90 Å². The summed E-state index contributed by atoms with van der Waals surface area (Å²) in [4.78, 5) is 19.1. The van der Waals surface area contributed by atoms with Crippen LogP contribution in [0.3, 0.4) is 0 Å². The SMILES string of the molecule is Cn1nnnc1/C(=N\C(O)c1cccc(NC(=O)O)n1)c1ccccc1. The summed E-state index contributed by atoms with van der Waals surface area (Å²) in [5.41, 5.74) is 1.27. The lowest BCUT2D eigenvalue weighted by Crippen LogP contribution is -2.14. The van der Waals surface area contributed by atoms with E-state index < -0.39 is 12.3 Å². The summed E-state index contributed by atoms with van der Waals surface area (Å²) in [6.07, 6.45) is -2.58. The average Bonchev–Trinajstić information content (AvgIpc) is 3.05. The first-order valence-electron chi connectivity index (χ1n) is 7.55. The minimum absolute atomic E-state index is 0.0887. The minimum Gasteiger partial charge on any atom is -0.465 e. The van der Waals surface area contributed by atoms with Gasteiger partial charge in [0.1, 0.15) is 11.5 Å².